The van der Waals surface area contributed by atoms with Gasteiger partial charge in [-0.05, 0) is 64.2 Å². The van der Waals surface area contributed by atoms with Crippen molar-refractivity contribution in [2.24, 2.45) is 5.92 Å². The van der Waals surface area contributed by atoms with Crippen LogP contribution in [0.2, 0.25) is 0 Å². The number of amides is 2. The van der Waals surface area contributed by atoms with Crippen LogP contribution in [0.15, 0.2) is 29.2 Å². The van der Waals surface area contributed by atoms with Crippen LogP contribution in [0.3, 0.4) is 0 Å². The maximum Gasteiger partial charge on any atom is 0.416 e. The number of alkyl carbamates (subject to hydrolysis) is 1. The van der Waals surface area contributed by atoms with Crippen LogP contribution < -0.4 is 5.32 Å². The van der Waals surface area contributed by atoms with Crippen LogP contribution in [0.4, 0.5) is 18.0 Å². The first kappa shape index (κ1) is 31.8. The summed E-state index contributed by atoms with van der Waals surface area (Å²) in [4.78, 5) is 26.6. The molecule has 1 aromatic carbocycles. The lowest BCUT2D eigenvalue weighted by Gasteiger charge is -2.39. The molecule has 13 heteroatoms. The molecule has 0 spiro atoms. The highest BCUT2D eigenvalue weighted by molar-refractivity contribution is 7.89. The average Bonchev–Trinajstić information content (AvgIpc) is 2.79. The molecule has 1 aromatic rings. The van der Waals surface area contributed by atoms with Gasteiger partial charge in [0.05, 0.1) is 17.1 Å². The fourth-order valence-corrected chi connectivity index (χ4v) is 6.03. The number of nitrogens with one attached hydrogen (secondary N) is 1. The van der Waals surface area contributed by atoms with Gasteiger partial charge < -0.3 is 20.1 Å². The Labute approximate surface area is 222 Å². The van der Waals surface area contributed by atoms with Crippen molar-refractivity contribution in [3.8, 4) is 0 Å². The Balaban J connectivity index is 2.17. The molecule has 0 saturated carbocycles. The molecule has 1 aliphatic heterocycles. The number of sulfonamides is 1. The number of carbonyl (C=O) groups excluding carboxylic acids is 2. The van der Waals surface area contributed by atoms with Crippen molar-refractivity contribution < 1.29 is 41.0 Å². The number of aliphatic hydroxyl groups excluding tert-OH is 1. The third-order valence-corrected chi connectivity index (χ3v) is 7.92. The van der Waals surface area contributed by atoms with Crippen LogP contribution in [-0.4, -0.2) is 78.7 Å². The minimum absolute atomic E-state index is 0.0917. The number of likely N-dealkylation sites (tertiary alicyclic amines) is 1. The summed E-state index contributed by atoms with van der Waals surface area (Å²) in [5.74, 6) is -0.230. The summed E-state index contributed by atoms with van der Waals surface area (Å²) in [5, 5.41) is 12.2. The predicted octanol–water partition coefficient (Wildman–Crippen LogP) is 3.62. The second-order valence-electron chi connectivity index (χ2n) is 10.7. The van der Waals surface area contributed by atoms with Gasteiger partial charge in [0.15, 0.2) is 0 Å². The van der Waals surface area contributed by atoms with Gasteiger partial charge in [-0.1, -0.05) is 19.9 Å². The number of hydrogen-bond donors (Lipinski definition) is 2. The van der Waals surface area contributed by atoms with E-state index in [-0.39, 0.29) is 44.3 Å². The predicted molar refractivity (Wildman–Crippen MR) is 135 cm³/mol. The summed E-state index contributed by atoms with van der Waals surface area (Å²) in [5.41, 5.74) is -1.83. The zero-order chi connectivity index (χ0) is 28.9. The van der Waals surface area contributed by atoms with Gasteiger partial charge in [0.2, 0.25) is 15.9 Å². The lowest BCUT2D eigenvalue weighted by molar-refractivity contribution is -0.137. The number of ether oxygens (including phenoxy) is 1. The summed E-state index contributed by atoms with van der Waals surface area (Å²) in [7, 11) is -4.35. The molecule has 2 N–H and O–H groups in total. The van der Waals surface area contributed by atoms with E-state index in [9.17, 15) is 36.3 Å². The number of piperidine rings is 1. The Bertz CT molecular complexity index is 1060. The number of benzene rings is 1. The monoisotopic (exact) mass is 565 g/mol. The Kier molecular flexibility index (Phi) is 10.6. The van der Waals surface area contributed by atoms with Gasteiger partial charge in [-0.25, -0.2) is 13.2 Å². The van der Waals surface area contributed by atoms with Crippen molar-refractivity contribution in [1.82, 2.24) is 14.5 Å². The highest BCUT2D eigenvalue weighted by atomic mass is 32.2. The maximum atomic E-state index is 13.3. The van der Waals surface area contributed by atoms with Crippen molar-refractivity contribution in [2.45, 2.75) is 82.6 Å². The van der Waals surface area contributed by atoms with Gasteiger partial charge in [-0.3, -0.25) is 4.79 Å². The van der Waals surface area contributed by atoms with E-state index in [0.717, 1.165) is 22.5 Å². The minimum Gasteiger partial charge on any atom is -0.444 e. The highest BCUT2D eigenvalue weighted by Crippen LogP contribution is 2.32. The van der Waals surface area contributed by atoms with Crippen LogP contribution >= 0.6 is 0 Å². The summed E-state index contributed by atoms with van der Waals surface area (Å²) >= 11 is 0. The summed E-state index contributed by atoms with van der Waals surface area (Å²) in [6, 6.07) is 2.03. The van der Waals surface area contributed by atoms with Crippen molar-refractivity contribution >= 4 is 22.0 Å². The lowest BCUT2D eigenvalue weighted by atomic mass is 10.00. The summed E-state index contributed by atoms with van der Waals surface area (Å²) in [6.07, 6.45) is -4.62. The van der Waals surface area contributed by atoms with Gasteiger partial charge in [0.1, 0.15) is 11.6 Å². The van der Waals surface area contributed by atoms with E-state index in [2.05, 4.69) is 5.32 Å². The number of nitrogens with zero attached hydrogens (tertiary/aromatic N) is 2. The van der Waals surface area contributed by atoms with Crippen LogP contribution in [0.25, 0.3) is 0 Å². The summed E-state index contributed by atoms with van der Waals surface area (Å²) in [6.45, 7) is 8.49. The fourth-order valence-electron chi connectivity index (χ4n) is 4.30. The molecule has 0 aliphatic carbocycles. The Morgan fingerprint density at radius 3 is 2.29 bits per heavy atom. The lowest BCUT2D eigenvalue weighted by Crippen LogP contribution is -2.54. The van der Waals surface area contributed by atoms with E-state index in [4.69, 9.17) is 4.74 Å². The molecular weight excluding hydrogens is 527 g/mol. The number of halogens is 3. The molecule has 1 fully saturated rings. The molecule has 1 atom stereocenters. The standard InChI is InChI=1S/C25H38F3N3O6S/c1-17(2)15-21(29-23(34)37-24(3,4)5)22(33)30-11-9-19(10-12-30)31(13-14-32)38(35,36)20-8-6-7-18(16-20)25(26,27)28/h6-8,16-17,19,21,32H,9-15H2,1-5H3,(H,29,34)/t21-/m1/s1. The first-order valence-electron chi connectivity index (χ1n) is 12.5. The number of carbonyl (C=O) groups is 2. The molecule has 1 saturated heterocycles. The van der Waals surface area contributed by atoms with Crippen LogP contribution in [0.1, 0.15) is 59.4 Å². The quantitative estimate of drug-likeness (QED) is 0.473. The molecule has 0 aromatic heterocycles. The van der Waals surface area contributed by atoms with Gasteiger partial charge >= 0.3 is 12.3 Å². The third kappa shape index (κ3) is 8.84. The molecule has 216 valence electrons. The van der Waals surface area contributed by atoms with E-state index >= 15 is 0 Å². The molecule has 0 radical (unpaired) electrons. The molecule has 2 rings (SSSR count). The third-order valence-electron chi connectivity index (χ3n) is 5.97. The molecule has 0 bridgehead atoms. The Morgan fingerprint density at radius 1 is 1.18 bits per heavy atom. The zero-order valence-electron chi connectivity index (χ0n) is 22.4. The average molecular weight is 566 g/mol. The Hall–Kier alpha value is -2.38. The fraction of sp³-hybridized carbons (Fsp3) is 0.680. The number of alkyl halides is 3. The smallest absolute Gasteiger partial charge is 0.416 e. The van der Waals surface area contributed by atoms with Crippen molar-refractivity contribution in [2.75, 3.05) is 26.2 Å². The highest BCUT2D eigenvalue weighted by Gasteiger charge is 2.38. The SMILES string of the molecule is CC(C)C[C@@H](NC(=O)OC(C)(C)C)C(=O)N1CCC(N(CCO)S(=O)(=O)c2cccc(C(F)(F)F)c2)CC1. The van der Waals surface area contributed by atoms with E-state index in [0.29, 0.717) is 12.5 Å². The van der Waals surface area contributed by atoms with E-state index in [1.807, 2.05) is 13.8 Å². The van der Waals surface area contributed by atoms with E-state index in [1.165, 1.54) is 4.90 Å². The van der Waals surface area contributed by atoms with E-state index in [1.54, 1.807) is 20.8 Å². The van der Waals surface area contributed by atoms with Crippen LogP contribution in [0.5, 0.6) is 0 Å². The van der Waals surface area contributed by atoms with Gasteiger partial charge in [0, 0.05) is 25.7 Å². The van der Waals surface area contributed by atoms with Gasteiger partial charge in [-0.15, -0.1) is 0 Å². The van der Waals surface area contributed by atoms with E-state index < -0.39 is 57.0 Å². The van der Waals surface area contributed by atoms with Crippen molar-refractivity contribution in [3.05, 3.63) is 29.8 Å². The zero-order valence-corrected chi connectivity index (χ0v) is 23.2. The first-order valence-corrected chi connectivity index (χ1v) is 14.0. The molecule has 1 aliphatic rings. The topological polar surface area (TPSA) is 116 Å². The second kappa shape index (κ2) is 12.6. The largest absolute Gasteiger partial charge is 0.444 e. The molecular formula is C25H38F3N3O6S. The number of hydrogen-bond acceptors (Lipinski definition) is 6. The summed E-state index contributed by atoms with van der Waals surface area (Å²) < 4.78 is 72.4. The Morgan fingerprint density at radius 2 is 1.79 bits per heavy atom. The second-order valence-corrected chi connectivity index (χ2v) is 12.6. The number of rotatable bonds is 9. The maximum absolute atomic E-state index is 13.3. The van der Waals surface area contributed by atoms with Crippen molar-refractivity contribution in [3.63, 3.8) is 0 Å². The number of aliphatic hydroxyl groups is 1. The molecule has 2 amide bonds. The minimum atomic E-state index is -4.71. The molecule has 1 heterocycles. The van der Waals surface area contributed by atoms with Gasteiger partial charge in [-0.2, -0.15) is 17.5 Å². The van der Waals surface area contributed by atoms with Crippen molar-refractivity contribution in [1.29, 1.82) is 0 Å². The molecule has 0 unspecified atom stereocenters. The first-order chi connectivity index (χ1) is 17.5. The van der Waals surface area contributed by atoms with Crippen LogP contribution in [0, 0.1) is 5.92 Å². The van der Waals surface area contributed by atoms with Gasteiger partial charge in [0.25, 0.3) is 0 Å². The normalized spacial score (nSPS) is 16.6. The molecule has 38 heavy (non-hydrogen) atoms. The van der Waals surface area contributed by atoms with Crippen LogP contribution in [-0.2, 0) is 25.7 Å². The molecule has 9 nitrogen and oxygen atoms in total.